The first kappa shape index (κ1) is 11.8. The third kappa shape index (κ3) is 1.75. The molecule has 0 aromatic heterocycles. The van der Waals surface area contributed by atoms with Crippen LogP contribution in [0.2, 0.25) is 0 Å². The van der Waals surface area contributed by atoms with Crippen molar-refractivity contribution >= 4 is 11.5 Å². The zero-order valence-electron chi connectivity index (χ0n) is 8.37. The molecule has 1 heterocycles. The van der Waals surface area contributed by atoms with Crippen molar-refractivity contribution in [1.82, 2.24) is 0 Å². The molecular weight excluding hydrogens is 245 g/mol. The van der Waals surface area contributed by atoms with Gasteiger partial charge in [0.05, 0.1) is 6.54 Å². The normalized spacial score (nSPS) is 15.8. The molecule has 17 heavy (non-hydrogen) atoms. The summed E-state index contributed by atoms with van der Waals surface area (Å²) in [5, 5.41) is 0. The summed E-state index contributed by atoms with van der Waals surface area (Å²) < 4.78 is 65.1. The van der Waals surface area contributed by atoms with Crippen LogP contribution in [0.4, 0.5) is 27.6 Å². The molecule has 0 unspecified atom stereocenters. The smallest absolute Gasteiger partial charge is 0.200 e. The van der Waals surface area contributed by atoms with E-state index in [4.69, 9.17) is 0 Å². The van der Waals surface area contributed by atoms with Crippen LogP contribution in [0.15, 0.2) is 0 Å². The van der Waals surface area contributed by atoms with Gasteiger partial charge in [-0.05, 0) is 0 Å². The molecule has 1 aromatic carbocycles. The zero-order valence-corrected chi connectivity index (χ0v) is 8.37. The van der Waals surface area contributed by atoms with Crippen LogP contribution >= 0.6 is 0 Å². The van der Waals surface area contributed by atoms with Gasteiger partial charge in [0, 0.05) is 13.0 Å². The molecule has 0 N–H and O–H groups in total. The topological polar surface area (TPSA) is 20.3 Å². The highest BCUT2D eigenvalue weighted by molar-refractivity contribution is 5.87. The van der Waals surface area contributed by atoms with Crippen LogP contribution in [0.25, 0.3) is 0 Å². The summed E-state index contributed by atoms with van der Waals surface area (Å²) in [5.74, 6) is -10.3. The quantitative estimate of drug-likeness (QED) is 0.433. The number of hydrogen-bond acceptors (Lipinski definition) is 2. The maximum atomic E-state index is 13.3. The van der Waals surface area contributed by atoms with E-state index in [-0.39, 0.29) is 25.3 Å². The number of carbonyl (C=O) groups is 1. The van der Waals surface area contributed by atoms with Gasteiger partial charge in [0.25, 0.3) is 0 Å². The maximum Gasteiger partial charge on any atom is 0.200 e. The van der Waals surface area contributed by atoms with Gasteiger partial charge >= 0.3 is 0 Å². The van der Waals surface area contributed by atoms with Gasteiger partial charge in [-0.2, -0.15) is 0 Å². The molecule has 7 heteroatoms. The number of ketones is 1. The highest BCUT2D eigenvalue weighted by Crippen LogP contribution is 2.31. The minimum absolute atomic E-state index is 0.0273. The fourth-order valence-electron chi connectivity index (χ4n) is 1.69. The average molecular weight is 251 g/mol. The van der Waals surface area contributed by atoms with Crippen molar-refractivity contribution in [2.75, 3.05) is 18.0 Å². The van der Waals surface area contributed by atoms with Gasteiger partial charge in [-0.3, -0.25) is 4.79 Å². The Balaban J connectivity index is 2.57. The van der Waals surface area contributed by atoms with E-state index in [0.29, 0.717) is 0 Å². The van der Waals surface area contributed by atoms with Gasteiger partial charge < -0.3 is 4.90 Å². The van der Waals surface area contributed by atoms with Crippen molar-refractivity contribution in [2.24, 2.45) is 0 Å². The monoisotopic (exact) mass is 251 g/mol. The first-order valence-electron chi connectivity index (χ1n) is 4.71. The highest BCUT2D eigenvalue weighted by Gasteiger charge is 2.31. The average Bonchev–Trinajstić information content (AvgIpc) is 2.71. The summed E-state index contributed by atoms with van der Waals surface area (Å²) in [4.78, 5) is 11.8. The standard InChI is InChI=1S/C10H6F5NO/c11-5-6(12)8(14)10(9(15)7(5)13)16-2-1-4(17)3-16/h1-3H2. The Morgan fingerprint density at radius 3 is 1.71 bits per heavy atom. The predicted molar refractivity (Wildman–Crippen MR) is 48.1 cm³/mol. The van der Waals surface area contributed by atoms with E-state index in [1.54, 1.807) is 0 Å². The van der Waals surface area contributed by atoms with Gasteiger partial charge in [-0.25, -0.2) is 22.0 Å². The number of benzene rings is 1. The number of carbonyl (C=O) groups excluding carboxylic acids is 1. The maximum absolute atomic E-state index is 13.3. The molecule has 1 aromatic rings. The van der Waals surface area contributed by atoms with E-state index in [2.05, 4.69) is 0 Å². The summed E-state index contributed by atoms with van der Waals surface area (Å²) >= 11 is 0. The van der Waals surface area contributed by atoms with E-state index in [0.717, 1.165) is 4.90 Å². The molecule has 1 aliphatic rings. The van der Waals surface area contributed by atoms with E-state index < -0.39 is 34.8 Å². The third-order valence-corrected chi connectivity index (χ3v) is 2.53. The molecule has 0 amide bonds. The van der Waals surface area contributed by atoms with Gasteiger partial charge in [-0.15, -0.1) is 0 Å². The van der Waals surface area contributed by atoms with Gasteiger partial charge in [0.15, 0.2) is 29.1 Å². The molecule has 0 saturated carbocycles. The Morgan fingerprint density at radius 1 is 0.824 bits per heavy atom. The summed E-state index contributed by atoms with van der Waals surface area (Å²) in [7, 11) is 0. The second-order valence-corrected chi connectivity index (χ2v) is 3.63. The summed E-state index contributed by atoms with van der Waals surface area (Å²) in [5.41, 5.74) is -1.03. The number of Topliss-reactive ketones (excluding diaryl/α,β-unsaturated/α-hetero) is 1. The summed E-state index contributed by atoms with van der Waals surface area (Å²) in [6.07, 6.45) is 0.0273. The van der Waals surface area contributed by atoms with E-state index in [9.17, 15) is 26.7 Å². The van der Waals surface area contributed by atoms with Crippen molar-refractivity contribution in [3.8, 4) is 0 Å². The first-order valence-corrected chi connectivity index (χ1v) is 4.71. The lowest BCUT2D eigenvalue weighted by Crippen LogP contribution is -2.24. The van der Waals surface area contributed by atoms with Crippen LogP contribution in [0, 0.1) is 29.1 Å². The molecule has 2 nitrogen and oxygen atoms in total. The summed E-state index contributed by atoms with van der Waals surface area (Å²) in [6, 6.07) is 0. The molecule has 1 saturated heterocycles. The fraction of sp³-hybridized carbons (Fsp3) is 0.300. The Labute approximate surface area is 92.6 Å². The largest absolute Gasteiger partial charge is 0.359 e. The van der Waals surface area contributed by atoms with Crippen molar-refractivity contribution in [3.05, 3.63) is 29.1 Å². The Kier molecular flexibility index (Phi) is 2.76. The number of rotatable bonds is 1. The second kappa shape index (κ2) is 3.97. The minimum atomic E-state index is -2.20. The molecular formula is C10H6F5NO. The molecule has 2 rings (SSSR count). The Bertz CT molecular complexity index is 473. The minimum Gasteiger partial charge on any atom is -0.359 e. The molecule has 0 spiro atoms. The Hall–Kier alpha value is -1.66. The van der Waals surface area contributed by atoms with Crippen LogP contribution in [0.3, 0.4) is 0 Å². The van der Waals surface area contributed by atoms with Crippen molar-refractivity contribution in [3.63, 3.8) is 0 Å². The van der Waals surface area contributed by atoms with Crippen LogP contribution < -0.4 is 4.90 Å². The molecule has 0 bridgehead atoms. The van der Waals surface area contributed by atoms with Crippen molar-refractivity contribution < 1.29 is 26.7 Å². The second-order valence-electron chi connectivity index (χ2n) is 3.63. The summed E-state index contributed by atoms with van der Waals surface area (Å²) in [6.45, 7) is -0.407. The fourth-order valence-corrected chi connectivity index (χ4v) is 1.69. The van der Waals surface area contributed by atoms with Gasteiger partial charge in [-0.1, -0.05) is 0 Å². The number of halogens is 5. The number of nitrogens with zero attached hydrogens (tertiary/aromatic N) is 1. The molecule has 1 aliphatic heterocycles. The van der Waals surface area contributed by atoms with Crippen LogP contribution in [-0.4, -0.2) is 18.9 Å². The number of anilines is 1. The van der Waals surface area contributed by atoms with Crippen molar-refractivity contribution in [1.29, 1.82) is 0 Å². The molecule has 0 radical (unpaired) electrons. The van der Waals surface area contributed by atoms with Crippen molar-refractivity contribution in [2.45, 2.75) is 6.42 Å². The molecule has 1 fully saturated rings. The van der Waals surface area contributed by atoms with Gasteiger partial charge in [0.1, 0.15) is 5.69 Å². The SMILES string of the molecule is O=C1CCN(c2c(F)c(F)c(F)c(F)c2F)C1. The lowest BCUT2D eigenvalue weighted by atomic mass is 10.2. The first-order chi connectivity index (χ1) is 7.93. The lowest BCUT2D eigenvalue weighted by Gasteiger charge is -2.18. The third-order valence-electron chi connectivity index (χ3n) is 2.53. The van der Waals surface area contributed by atoms with E-state index in [1.165, 1.54) is 0 Å². The highest BCUT2D eigenvalue weighted by atomic mass is 19.2. The van der Waals surface area contributed by atoms with Crippen LogP contribution in [0.1, 0.15) is 6.42 Å². The van der Waals surface area contributed by atoms with Crippen LogP contribution in [-0.2, 0) is 4.79 Å². The van der Waals surface area contributed by atoms with Crippen LogP contribution in [0.5, 0.6) is 0 Å². The van der Waals surface area contributed by atoms with Gasteiger partial charge in [0.2, 0.25) is 5.82 Å². The Morgan fingerprint density at radius 2 is 1.29 bits per heavy atom. The molecule has 0 atom stereocenters. The number of hydrogen-bond donors (Lipinski definition) is 0. The molecule has 0 aliphatic carbocycles. The zero-order chi connectivity index (χ0) is 12.7. The van der Waals surface area contributed by atoms with E-state index >= 15 is 0 Å². The lowest BCUT2D eigenvalue weighted by molar-refractivity contribution is -0.116. The predicted octanol–water partition coefficient (Wildman–Crippen LogP) is 2.16. The van der Waals surface area contributed by atoms with E-state index in [1.807, 2.05) is 0 Å². The molecule has 92 valence electrons.